The average Bonchev–Trinajstić information content (AvgIpc) is 3.28. The number of aryl methyl sites for hydroxylation is 1. The van der Waals surface area contributed by atoms with Crippen molar-refractivity contribution >= 4 is 28.4 Å². The van der Waals surface area contributed by atoms with Gasteiger partial charge in [-0.15, -0.1) is 0 Å². The first-order valence-electron chi connectivity index (χ1n) is 12.2. The topological polar surface area (TPSA) is 81.5 Å². The number of nitrogens with two attached hydrogens (primary N) is 1. The van der Waals surface area contributed by atoms with E-state index in [1.807, 2.05) is 12.3 Å². The Labute approximate surface area is 202 Å². The van der Waals surface area contributed by atoms with Gasteiger partial charge in [0.05, 0.1) is 34.5 Å². The van der Waals surface area contributed by atoms with Crippen molar-refractivity contribution in [1.82, 2.24) is 9.88 Å². The van der Waals surface area contributed by atoms with Crippen LogP contribution in [0.1, 0.15) is 42.4 Å². The lowest BCUT2D eigenvalue weighted by Crippen LogP contribution is -2.44. The number of anilines is 5. The Morgan fingerprint density at radius 1 is 1.03 bits per heavy atom. The van der Waals surface area contributed by atoms with Crippen LogP contribution in [0.3, 0.4) is 0 Å². The fraction of sp³-hybridized carbons (Fsp3) is 0.370. The zero-order valence-electron chi connectivity index (χ0n) is 20.3. The molecule has 2 atom stereocenters. The molecule has 1 fully saturated rings. The molecule has 0 bridgehead atoms. The third-order valence-electron chi connectivity index (χ3n) is 6.92. The van der Waals surface area contributed by atoms with Crippen LogP contribution in [0.15, 0.2) is 54.7 Å². The lowest BCUT2D eigenvalue weighted by Gasteiger charge is -2.34. The van der Waals surface area contributed by atoms with Gasteiger partial charge in [-0.1, -0.05) is 19.1 Å². The van der Waals surface area contributed by atoms with Crippen LogP contribution < -0.4 is 26.6 Å². The first-order chi connectivity index (χ1) is 16.5. The SMILES string of the molecule is CCC(Nc1cc(N2CCN(C)CC2)ccc1N)c1ccc2c(c1)NC(c1ccc(C)cn1)N2. The smallest absolute Gasteiger partial charge is 0.141 e. The van der Waals surface area contributed by atoms with Crippen molar-refractivity contribution in [2.75, 3.05) is 59.8 Å². The molecule has 2 aromatic carbocycles. The summed E-state index contributed by atoms with van der Waals surface area (Å²) in [5.74, 6) is 0. The van der Waals surface area contributed by atoms with Crippen LogP contribution in [0, 0.1) is 6.92 Å². The maximum Gasteiger partial charge on any atom is 0.141 e. The van der Waals surface area contributed by atoms with Gasteiger partial charge in [0.25, 0.3) is 0 Å². The highest BCUT2D eigenvalue weighted by atomic mass is 15.2. The largest absolute Gasteiger partial charge is 0.397 e. The van der Waals surface area contributed by atoms with Crippen LogP contribution in [0.25, 0.3) is 0 Å². The summed E-state index contributed by atoms with van der Waals surface area (Å²) in [5, 5.41) is 10.8. The Morgan fingerprint density at radius 2 is 1.82 bits per heavy atom. The van der Waals surface area contributed by atoms with Gasteiger partial charge in [0, 0.05) is 38.1 Å². The van der Waals surface area contributed by atoms with E-state index in [2.05, 4.69) is 94.1 Å². The van der Waals surface area contributed by atoms with E-state index in [0.717, 1.165) is 66.6 Å². The zero-order chi connectivity index (χ0) is 23.7. The van der Waals surface area contributed by atoms with Crippen molar-refractivity contribution in [2.24, 2.45) is 0 Å². The molecule has 3 heterocycles. The van der Waals surface area contributed by atoms with Gasteiger partial charge >= 0.3 is 0 Å². The molecule has 7 nitrogen and oxygen atoms in total. The minimum Gasteiger partial charge on any atom is -0.397 e. The van der Waals surface area contributed by atoms with Gasteiger partial charge in [-0.05, 0) is 67.9 Å². The van der Waals surface area contributed by atoms with Crippen LogP contribution in [0.2, 0.25) is 0 Å². The van der Waals surface area contributed by atoms with E-state index < -0.39 is 0 Å². The van der Waals surface area contributed by atoms with Crippen molar-refractivity contribution in [3.63, 3.8) is 0 Å². The number of piperazine rings is 1. The van der Waals surface area contributed by atoms with E-state index in [4.69, 9.17) is 5.73 Å². The van der Waals surface area contributed by atoms with Crippen LogP contribution in [0.5, 0.6) is 0 Å². The molecule has 1 aromatic heterocycles. The van der Waals surface area contributed by atoms with Crippen molar-refractivity contribution in [3.05, 3.63) is 71.5 Å². The van der Waals surface area contributed by atoms with Crippen LogP contribution in [0.4, 0.5) is 28.4 Å². The summed E-state index contributed by atoms with van der Waals surface area (Å²) in [5.41, 5.74) is 15.0. The van der Waals surface area contributed by atoms with Gasteiger partial charge in [0.1, 0.15) is 6.17 Å². The molecule has 0 saturated carbocycles. The second-order valence-corrected chi connectivity index (χ2v) is 9.45. The Hall–Kier alpha value is -3.45. The van der Waals surface area contributed by atoms with Gasteiger partial charge in [-0.25, -0.2) is 0 Å². The highest BCUT2D eigenvalue weighted by molar-refractivity contribution is 5.77. The van der Waals surface area contributed by atoms with Gasteiger partial charge in [-0.3, -0.25) is 4.98 Å². The number of hydrogen-bond acceptors (Lipinski definition) is 7. The number of benzene rings is 2. The molecule has 0 amide bonds. The number of fused-ring (bicyclic) bond motifs is 1. The van der Waals surface area contributed by atoms with Crippen LogP contribution in [-0.2, 0) is 0 Å². The number of aromatic nitrogens is 1. The van der Waals surface area contributed by atoms with E-state index in [1.54, 1.807) is 0 Å². The van der Waals surface area contributed by atoms with E-state index in [1.165, 1.54) is 11.3 Å². The number of likely N-dealkylation sites (N-methyl/N-ethyl adjacent to an activating group) is 1. The van der Waals surface area contributed by atoms with Crippen molar-refractivity contribution in [2.45, 2.75) is 32.5 Å². The van der Waals surface area contributed by atoms with Gasteiger partial charge in [-0.2, -0.15) is 0 Å². The fourth-order valence-electron chi connectivity index (χ4n) is 4.71. The minimum absolute atomic E-state index is 0.0187. The Kier molecular flexibility index (Phi) is 6.20. The highest BCUT2D eigenvalue weighted by Gasteiger charge is 2.24. The van der Waals surface area contributed by atoms with Gasteiger partial charge in [0.15, 0.2) is 0 Å². The zero-order valence-corrected chi connectivity index (χ0v) is 20.3. The first-order valence-corrected chi connectivity index (χ1v) is 12.2. The third-order valence-corrected chi connectivity index (χ3v) is 6.92. The number of nitrogens with zero attached hydrogens (tertiary/aromatic N) is 3. The highest BCUT2D eigenvalue weighted by Crippen LogP contribution is 2.38. The minimum atomic E-state index is -0.0187. The molecule has 1 saturated heterocycles. The van der Waals surface area contributed by atoms with Crippen molar-refractivity contribution < 1.29 is 0 Å². The van der Waals surface area contributed by atoms with Crippen molar-refractivity contribution in [1.29, 1.82) is 0 Å². The van der Waals surface area contributed by atoms with E-state index >= 15 is 0 Å². The van der Waals surface area contributed by atoms with Crippen LogP contribution >= 0.6 is 0 Å². The molecule has 178 valence electrons. The quantitative estimate of drug-likeness (QED) is 0.395. The number of nitrogens with one attached hydrogen (secondary N) is 3. The summed E-state index contributed by atoms with van der Waals surface area (Å²) in [6.45, 7) is 8.50. The Bertz CT molecular complexity index is 1140. The van der Waals surface area contributed by atoms with Crippen molar-refractivity contribution in [3.8, 4) is 0 Å². The summed E-state index contributed by atoms with van der Waals surface area (Å²) >= 11 is 0. The molecule has 7 heteroatoms. The summed E-state index contributed by atoms with van der Waals surface area (Å²) in [7, 11) is 2.18. The van der Waals surface area contributed by atoms with E-state index in [9.17, 15) is 0 Å². The number of pyridine rings is 1. The first kappa shape index (κ1) is 22.3. The maximum atomic E-state index is 6.39. The summed E-state index contributed by atoms with van der Waals surface area (Å²) in [4.78, 5) is 9.39. The van der Waals surface area contributed by atoms with Gasteiger partial charge < -0.3 is 31.5 Å². The molecular formula is C27H35N7. The molecule has 5 N–H and O–H groups in total. The molecule has 0 spiro atoms. The predicted octanol–water partition coefficient (Wildman–Crippen LogP) is 4.82. The fourth-order valence-corrected chi connectivity index (χ4v) is 4.71. The Morgan fingerprint density at radius 3 is 2.56 bits per heavy atom. The molecule has 0 radical (unpaired) electrons. The number of hydrogen-bond donors (Lipinski definition) is 4. The van der Waals surface area contributed by atoms with Crippen LogP contribution in [-0.4, -0.2) is 43.1 Å². The summed E-state index contributed by atoms with van der Waals surface area (Å²) in [6, 6.07) is 17.3. The molecular weight excluding hydrogens is 422 g/mol. The van der Waals surface area contributed by atoms with Gasteiger partial charge in [0.2, 0.25) is 0 Å². The molecule has 2 aliphatic rings. The second-order valence-electron chi connectivity index (χ2n) is 9.45. The maximum absolute atomic E-state index is 6.39. The average molecular weight is 458 g/mol. The lowest BCUT2D eigenvalue weighted by molar-refractivity contribution is 0.313. The standard InChI is InChI=1S/C27H35N7/c1-4-22(30-25-16-20(7-8-21(25)28)34-13-11-33(3)12-14-34)19-6-10-23-26(15-19)32-27(31-23)24-9-5-18(2)17-29-24/h5-10,15-17,22,27,30-32H,4,11-14,28H2,1-3H3. The molecule has 5 rings (SSSR count). The number of nitrogen functional groups attached to an aromatic ring is 1. The Balaban J connectivity index is 1.32. The number of rotatable bonds is 6. The third kappa shape index (κ3) is 4.61. The molecule has 2 aliphatic heterocycles. The summed E-state index contributed by atoms with van der Waals surface area (Å²) < 4.78 is 0. The summed E-state index contributed by atoms with van der Waals surface area (Å²) in [6.07, 6.45) is 2.84. The lowest BCUT2D eigenvalue weighted by atomic mass is 10.0. The molecule has 0 aliphatic carbocycles. The van der Waals surface area contributed by atoms with E-state index in [-0.39, 0.29) is 12.2 Å². The predicted molar refractivity (Wildman–Crippen MR) is 143 cm³/mol. The molecule has 34 heavy (non-hydrogen) atoms. The monoisotopic (exact) mass is 457 g/mol. The normalized spacial score (nSPS) is 18.7. The second kappa shape index (κ2) is 9.43. The molecule has 3 aromatic rings. The van der Waals surface area contributed by atoms with E-state index in [0.29, 0.717) is 0 Å². The molecule has 2 unspecified atom stereocenters.